The predicted molar refractivity (Wildman–Crippen MR) is 215 cm³/mol. The van der Waals surface area contributed by atoms with Crippen LogP contribution in [0.1, 0.15) is 226 Å². The summed E-state index contributed by atoms with van der Waals surface area (Å²) in [6.45, 7) is 7.45. The minimum absolute atomic E-state index is 0.220. The second-order valence-electron chi connectivity index (χ2n) is 15.8. The van der Waals surface area contributed by atoms with Crippen LogP contribution in [0, 0.1) is 5.41 Å². The first kappa shape index (κ1) is 46.0. The summed E-state index contributed by atoms with van der Waals surface area (Å²) in [5.41, 5.74) is 0.398. The highest BCUT2D eigenvalue weighted by atomic mass is 16.6. The van der Waals surface area contributed by atoms with E-state index in [0.717, 1.165) is 114 Å². The molecule has 0 amide bonds. The number of ether oxygens (including phenoxy) is 3. The normalized spacial score (nSPS) is 19.0. The Morgan fingerprint density at radius 3 is 1.44 bits per heavy atom. The lowest BCUT2D eigenvalue weighted by Crippen LogP contribution is -2.47. The Morgan fingerprint density at radius 2 is 0.923 bits per heavy atom. The molecule has 2 aliphatic carbocycles. The average molecular weight is 729 g/mol. The van der Waals surface area contributed by atoms with Crippen LogP contribution in [0.3, 0.4) is 0 Å². The van der Waals surface area contributed by atoms with Crippen molar-refractivity contribution < 1.29 is 28.6 Å². The predicted octanol–water partition coefficient (Wildman–Crippen LogP) is 13.4. The zero-order valence-electron chi connectivity index (χ0n) is 34.3. The van der Waals surface area contributed by atoms with Crippen LogP contribution in [-0.4, -0.2) is 37.7 Å². The van der Waals surface area contributed by atoms with E-state index in [1.165, 1.54) is 83.5 Å². The molecular weight excluding hydrogens is 649 g/mol. The number of esters is 3. The first-order valence-electron chi connectivity index (χ1n) is 22.5. The lowest BCUT2D eigenvalue weighted by atomic mass is 9.69. The van der Waals surface area contributed by atoms with Crippen molar-refractivity contribution in [3.63, 3.8) is 0 Å². The summed E-state index contributed by atoms with van der Waals surface area (Å²) >= 11 is 0. The number of hydrogen-bond donors (Lipinski definition) is 0. The minimum Gasteiger partial charge on any atom is -0.465 e. The lowest BCUT2D eigenvalue weighted by molar-refractivity contribution is -0.173. The van der Waals surface area contributed by atoms with Crippen LogP contribution in [0.15, 0.2) is 22.8 Å². The van der Waals surface area contributed by atoms with Gasteiger partial charge in [-0.15, -0.1) is 0 Å². The van der Waals surface area contributed by atoms with E-state index in [1.807, 2.05) is 0 Å². The molecule has 0 saturated heterocycles. The summed E-state index contributed by atoms with van der Waals surface area (Å²) in [5, 5.41) is 0. The second-order valence-corrected chi connectivity index (χ2v) is 15.8. The smallest absolute Gasteiger partial charge is 0.336 e. The molecule has 0 bridgehead atoms. The molecule has 300 valence electrons. The summed E-state index contributed by atoms with van der Waals surface area (Å²) in [6.07, 6.45) is 35.2. The first-order chi connectivity index (χ1) is 25.5. The summed E-state index contributed by atoms with van der Waals surface area (Å²) in [6, 6.07) is 0. The van der Waals surface area contributed by atoms with Crippen molar-refractivity contribution in [1.29, 1.82) is 0 Å². The fourth-order valence-corrected chi connectivity index (χ4v) is 7.94. The molecule has 0 aliphatic heterocycles. The summed E-state index contributed by atoms with van der Waals surface area (Å²) in [5.74, 6) is -1.75. The van der Waals surface area contributed by atoms with Crippen LogP contribution < -0.4 is 0 Å². The quantitative estimate of drug-likeness (QED) is 0.0345. The molecular formula is C46H80O6. The molecule has 0 saturated carbocycles. The van der Waals surface area contributed by atoms with Gasteiger partial charge in [0.15, 0.2) is 5.41 Å². The molecule has 6 heteroatoms. The maximum Gasteiger partial charge on any atom is 0.336 e. The van der Waals surface area contributed by atoms with Crippen LogP contribution in [-0.2, 0) is 28.6 Å². The number of hydrogen-bond acceptors (Lipinski definition) is 6. The largest absolute Gasteiger partial charge is 0.465 e. The third kappa shape index (κ3) is 17.8. The summed E-state index contributed by atoms with van der Waals surface area (Å²) in [4.78, 5) is 43.8. The highest BCUT2D eigenvalue weighted by Gasteiger charge is 2.56. The van der Waals surface area contributed by atoms with E-state index in [9.17, 15) is 14.4 Å². The fraction of sp³-hybridized carbons (Fsp3) is 0.848. The molecule has 2 rings (SSSR count). The van der Waals surface area contributed by atoms with Crippen molar-refractivity contribution in [2.24, 2.45) is 5.41 Å². The molecule has 0 unspecified atom stereocenters. The van der Waals surface area contributed by atoms with Gasteiger partial charge in [-0.25, -0.2) is 4.79 Å². The Labute approximate surface area is 320 Å². The third-order valence-corrected chi connectivity index (χ3v) is 11.2. The van der Waals surface area contributed by atoms with Gasteiger partial charge in [0.2, 0.25) is 0 Å². The van der Waals surface area contributed by atoms with E-state index >= 15 is 0 Å². The van der Waals surface area contributed by atoms with Gasteiger partial charge in [-0.3, -0.25) is 9.59 Å². The van der Waals surface area contributed by atoms with Crippen LogP contribution in [0.25, 0.3) is 0 Å². The van der Waals surface area contributed by atoms with Crippen LogP contribution in [0.5, 0.6) is 0 Å². The second kappa shape index (κ2) is 30.2. The fourth-order valence-electron chi connectivity index (χ4n) is 7.94. The van der Waals surface area contributed by atoms with E-state index in [0.29, 0.717) is 19.4 Å². The van der Waals surface area contributed by atoms with Gasteiger partial charge in [0.25, 0.3) is 0 Å². The number of unbranched alkanes of at least 4 members (excludes halogenated alkanes) is 18. The SMILES string of the molecule is CCCCCCCCCOC(=O)/C1=C(\C2=C/CCCCCC2)CCCCCC1(C(=O)OCCCCCCCCC)C(=O)OCCCCCCCCC. The van der Waals surface area contributed by atoms with Gasteiger partial charge in [-0.2, -0.15) is 0 Å². The Bertz CT molecular complexity index is 994. The molecule has 0 N–H and O–H groups in total. The van der Waals surface area contributed by atoms with Gasteiger partial charge >= 0.3 is 17.9 Å². The molecule has 6 nitrogen and oxygen atoms in total. The maximum absolute atomic E-state index is 14.6. The zero-order valence-corrected chi connectivity index (χ0v) is 34.3. The standard InChI is InChI=1S/C46H80O6/c1-4-7-10-13-16-22-30-37-50-43(47)42-41(40-33-26-20-19-21-27-34-40)35-28-25-29-36-46(42,44(48)51-38-31-23-17-14-11-8-5-2)45(49)52-39-32-24-18-15-12-9-6-3/h33H,4-32,34-39H2,1-3H3/b40-33-,42-41+. The molecule has 0 aromatic heterocycles. The molecule has 52 heavy (non-hydrogen) atoms. The summed E-state index contributed by atoms with van der Waals surface area (Å²) < 4.78 is 18.2. The molecule has 0 aromatic rings. The van der Waals surface area contributed by atoms with Crippen LogP contribution in [0.4, 0.5) is 0 Å². The maximum atomic E-state index is 14.6. The van der Waals surface area contributed by atoms with Crippen molar-refractivity contribution in [2.75, 3.05) is 19.8 Å². The van der Waals surface area contributed by atoms with Gasteiger partial charge in [-0.05, 0) is 75.4 Å². The first-order valence-corrected chi connectivity index (χ1v) is 22.5. The molecule has 0 radical (unpaired) electrons. The highest BCUT2D eigenvalue weighted by molar-refractivity contribution is 6.12. The van der Waals surface area contributed by atoms with Crippen molar-refractivity contribution in [1.82, 2.24) is 0 Å². The Morgan fingerprint density at radius 1 is 0.500 bits per heavy atom. The Kier molecular flexibility index (Phi) is 26.8. The molecule has 2 aliphatic rings. The van der Waals surface area contributed by atoms with E-state index in [-0.39, 0.29) is 25.2 Å². The van der Waals surface area contributed by atoms with E-state index < -0.39 is 23.3 Å². The van der Waals surface area contributed by atoms with Crippen molar-refractivity contribution in [2.45, 2.75) is 226 Å². The zero-order chi connectivity index (χ0) is 37.5. The number of carbonyl (C=O) groups is 3. The van der Waals surface area contributed by atoms with E-state index in [2.05, 4.69) is 26.8 Å². The average Bonchev–Trinajstić information content (AvgIpc) is 3.12. The van der Waals surface area contributed by atoms with Crippen LogP contribution in [0.2, 0.25) is 0 Å². The summed E-state index contributed by atoms with van der Waals surface area (Å²) in [7, 11) is 0. The Hall–Kier alpha value is -2.11. The van der Waals surface area contributed by atoms with Crippen LogP contribution >= 0.6 is 0 Å². The number of rotatable bonds is 28. The molecule has 0 spiro atoms. The van der Waals surface area contributed by atoms with E-state index in [1.54, 1.807) is 0 Å². The van der Waals surface area contributed by atoms with Gasteiger partial charge in [0, 0.05) is 0 Å². The van der Waals surface area contributed by atoms with Crippen molar-refractivity contribution in [3.8, 4) is 0 Å². The van der Waals surface area contributed by atoms with Gasteiger partial charge in [-0.1, -0.05) is 168 Å². The van der Waals surface area contributed by atoms with Gasteiger partial charge in [0.05, 0.1) is 25.4 Å². The molecule has 0 aromatic carbocycles. The van der Waals surface area contributed by atoms with Crippen molar-refractivity contribution >= 4 is 17.9 Å². The van der Waals surface area contributed by atoms with Crippen molar-refractivity contribution in [3.05, 3.63) is 22.8 Å². The molecule has 0 fully saturated rings. The topological polar surface area (TPSA) is 78.9 Å². The number of allylic oxidation sites excluding steroid dienone is 3. The monoisotopic (exact) mass is 729 g/mol. The number of carbonyl (C=O) groups excluding carboxylic acids is 3. The van der Waals surface area contributed by atoms with Gasteiger partial charge in [0.1, 0.15) is 0 Å². The lowest BCUT2D eigenvalue weighted by Gasteiger charge is -2.35. The molecule has 0 heterocycles. The minimum atomic E-state index is -1.81. The third-order valence-electron chi connectivity index (χ3n) is 11.2. The Balaban J connectivity index is 2.42. The van der Waals surface area contributed by atoms with E-state index in [4.69, 9.17) is 14.2 Å². The molecule has 0 atom stereocenters. The highest BCUT2D eigenvalue weighted by Crippen LogP contribution is 2.45. The van der Waals surface area contributed by atoms with Gasteiger partial charge < -0.3 is 14.2 Å².